The van der Waals surface area contributed by atoms with Crippen molar-refractivity contribution in [2.45, 2.75) is 19.4 Å². The van der Waals surface area contributed by atoms with Gasteiger partial charge in [-0.25, -0.2) is 4.98 Å². The van der Waals surface area contributed by atoms with Crippen LogP contribution < -0.4 is 15.0 Å². The summed E-state index contributed by atoms with van der Waals surface area (Å²) in [5.74, 6) is 2.42. The van der Waals surface area contributed by atoms with Gasteiger partial charge in [0.15, 0.2) is 0 Å². The van der Waals surface area contributed by atoms with E-state index in [0.29, 0.717) is 6.54 Å². The Morgan fingerprint density at radius 1 is 1.08 bits per heavy atom. The van der Waals surface area contributed by atoms with Crippen LogP contribution in [-0.4, -0.2) is 23.6 Å². The van der Waals surface area contributed by atoms with Gasteiger partial charge in [-0.1, -0.05) is 36.4 Å². The first-order valence-electron chi connectivity index (χ1n) is 8.89. The third-order valence-electron chi connectivity index (χ3n) is 4.65. The molecule has 2 aromatic carbocycles. The Kier molecular flexibility index (Phi) is 4.69. The predicted octanol–water partition coefficient (Wildman–Crippen LogP) is 4.18. The zero-order valence-electron chi connectivity index (χ0n) is 14.9. The molecule has 26 heavy (non-hydrogen) atoms. The Morgan fingerprint density at radius 2 is 1.92 bits per heavy atom. The van der Waals surface area contributed by atoms with Crippen molar-refractivity contribution in [3.05, 3.63) is 71.9 Å². The van der Waals surface area contributed by atoms with Crippen LogP contribution in [0.3, 0.4) is 0 Å². The molecule has 0 unspecified atom stereocenters. The molecule has 0 radical (unpaired) electrons. The fourth-order valence-corrected chi connectivity index (χ4v) is 3.35. The minimum absolute atomic E-state index is 0.650. The van der Waals surface area contributed by atoms with Gasteiger partial charge in [-0.2, -0.15) is 4.98 Å². The highest BCUT2D eigenvalue weighted by Crippen LogP contribution is 2.31. The zero-order chi connectivity index (χ0) is 17.8. The second kappa shape index (κ2) is 7.44. The zero-order valence-corrected chi connectivity index (χ0v) is 14.9. The lowest BCUT2D eigenvalue weighted by molar-refractivity contribution is 0.410. The molecule has 0 saturated carbocycles. The Morgan fingerprint density at radius 3 is 2.85 bits per heavy atom. The molecule has 0 bridgehead atoms. The van der Waals surface area contributed by atoms with Gasteiger partial charge in [-0.05, 0) is 36.6 Å². The summed E-state index contributed by atoms with van der Waals surface area (Å²) >= 11 is 0. The van der Waals surface area contributed by atoms with Crippen LogP contribution >= 0.6 is 0 Å². The van der Waals surface area contributed by atoms with Crippen LogP contribution in [0.2, 0.25) is 0 Å². The van der Waals surface area contributed by atoms with Crippen molar-refractivity contribution < 1.29 is 4.74 Å². The minimum atomic E-state index is 0.650. The summed E-state index contributed by atoms with van der Waals surface area (Å²) in [5.41, 5.74) is 3.66. The van der Waals surface area contributed by atoms with E-state index in [1.807, 2.05) is 30.5 Å². The van der Waals surface area contributed by atoms with E-state index in [1.54, 1.807) is 7.11 Å². The van der Waals surface area contributed by atoms with Crippen LogP contribution in [0.25, 0.3) is 0 Å². The number of nitrogens with one attached hydrogen (secondary N) is 1. The van der Waals surface area contributed by atoms with Crippen LogP contribution in [0, 0.1) is 0 Å². The van der Waals surface area contributed by atoms with E-state index < -0.39 is 0 Å². The lowest BCUT2D eigenvalue weighted by Gasteiger charge is -2.29. The summed E-state index contributed by atoms with van der Waals surface area (Å²) in [7, 11) is 1.69. The van der Waals surface area contributed by atoms with Crippen LogP contribution in [0.1, 0.15) is 17.5 Å². The van der Waals surface area contributed by atoms with Gasteiger partial charge in [0.2, 0.25) is 5.95 Å². The van der Waals surface area contributed by atoms with E-state index in [0.717, 1.165) is 42.5 Å². The number of aromatic nitrogens is 2. The van der Waals surface area contributed by atoms with Crippen LogP contribution in [0.15, 0.2) is 60.8 Å². The van der Waals surface area contributed by atoms with Gasteiger partial charge in [-0.15, -0.1) is 0 Å². The normalized spacial score (nSPS) is 13.2. The molecule has 1 aliphatic heterocycles. The molecule has 132 valence electrons. The fourth-order valence-electron chi connectivity index (χ4n) is 3.35. The first-order valence-corrected chi connectivity index (χ1v) is 8.89. The smallest absolute Gasteiger partial charge is 0.231 e. The molecule has 0 atom stereocenters. The van der Waals surface area contributed by atoms with Gasteiger partial charge in [0.25, 0.3) is 0 Å². The summed E-state index contributed by atoms with van der Waals surface area (Å²) < 4.78 is 5.41. The number of aryl methyl sites for hydroxylation is 1. The predicted molar refractivity (Wildman–Crippen MR) is 104 cm³/mol. The Hall–Kier alpha value is -3.08. The molecule has 1 aliphatic rings. The maximum Gasteiger partial charge on any atom is 0.231 e. The molecule has 3 aromatic rings. The van der Waals surface area contributed by atoms with E-state index >= 15 is 0 Å². The molecule has 5 heteroatoms. The maximum atomic E-state index is 5.41. The van der Waals surface area contributed by atoms with Crippen molar-refractivity contribution in [3.8, 4) is 5.75 Å². The topological polar surface area (TPSA) is 50.3 Å². The Labute approximate surface area is 153 Å². The SMILES string of the molecule is COc1ccccc1CNc1ccnc(N2CCCc3ccccc32)n1. The number of nitrogens with zero attached hydrogens (tertiary/aromatic N) is 3. The molecular weight excluding hydrogens is 324 g/mol. The highest BCUT2D eigenvalue weighted by atomic mass is 16.5. The summed E-state index contributed by atoms with van der Waals surface area (Å²) in [6, 6.07) is 18.4. The number of rotatable bonds is 5. The average Bonchev–Trinajstić information content (AvgIpc) is 2.72. The summed E-state index contributed by atoms with van der Waals surface area (Å²) in [6.45, 7) is 1.59. The highest BCUT2D eigenvalue weighted by molar-refractivity contribution is 5.64. The monoisotopic (exact) mass is 346 g/mol. The number of anilines is 3. The largest absolute Gasteiger partial charge is 0.496 e. The minimum Gasteiger partial charge on any atom is -0.496 e. The molecule has 1 aromatic heterocycles. The van der Waals surface area contributed by atoms with E-state index in [2.05, 4.69) is 45.5 Å². The molecular formula is C21H22N4O. The molecule has 1 N–H and O–H groups in total. The van der Waals surface area contributed by atoms with Gasteiger partial charge >= 0.3 is 0 Å². The number of fused-ring (bicyclic) bond motifs is 1. The quantitative estimate of drug-likeness (QED) is 0.751. The highest BCUT2D eigenvalue weighted by Gasteiger charge is 2.19. The summed E-state index contributed by atoms with van der Waals surface area (Å²) in [5, 5.41) is 3.38. The molecule has 0 amide bonds. The van der Waals surface area contributed by atoms with Crippen molar-refractivity contribution in [1.29, 1.82) is 0 Å². The van der Waals surface area contributed by atoms with E-state index in [-0.39, 0.29) is 0 Å². The van der Waals surface area contributed by atoms with Crippen LogP contribution in [0.5, 0.6) is 5.75 Å². The number of benzene rings is 2. The first kappa shape index (κ1) is 16.4. The molecule has 0 aliphatic carbocycles. The second-order valence-corrected chi connectivity index (χ2v) is 6.29. The first-order chi connectivity index (χ1) is 12.8. The van der Waals surface area contributed by atoms with E-state index in [4.69, 9.17) is 9.72 Å². The van der Waals surface area contributed by atoms with Crippen molar-refractivity contribution in [1.82, 2.24) is 9.97 Å². The standard InChI is InChI=1S/C21H22N4O/c1-26-19-11-5-3-8-17(19)15-23-20-12-13-22-21(24-20)25-14-6-9-16-7-2-4-10-18(16)25/h2-5,7-8,10-13H,6,9,14-15H2,1H3,(H,22,23,24). The Bertz CT molecular complexity index is 896. The molecule has 4 rings (SSSR count). The van der Waals surface area contributed by atoms with Crippen molar-refractivity contribution in [2.75, 3.05) is 23.9 Å². The Balaban J connectivity index is 1.54. The van der Waals surface area contributed by atoms with Gasteiger partial charge in [0.05, 0.1) is 7.11 Å². The van der Waals surface area contributed by atoms with E-state index in [9.17, 15) is 0 Å². The van der Waals surface area contributed by atoms with Crippen LogP contribution in [-0.2, 0) is 13.0 Å². The number of hydrogen-bond acceptors (Lipinski definition) is 5. The number of para-hydroxylation sites is 2. The lowest BCUT2D eigenvalue weighted by atomic mass is 10.0. The number of methoxy groups -OCH3 is 1. The van der Waals surface area contributed by atoms with Gasteiger partial charge < -0.3 is 15.0 Å². The fraction of sp³-hybridized carbons (Fsp3) is 0.238. The van der Waals surface area contributed by atoms with Crippen LogP contribution in [0.4, 0.5) is 17.5 Å². The molecule has 0 saturated heterocycles. The summed E-state index contributed by atoms with van der Waals surface area (Å²) in [4.78, 5) is 11.4. The van der Waals surface area contributed by atoms with Crippen molar-refractivity contribution >= 4 is 17.5 Å². The van der Waals surface area contributed by atoms with Crippen molar-refractivity contribution in [3.63, 3.8) is 0 Å². The lowest BCUT2D eigenvalue weighted by Crippen LogP contribution is -2.26. The average molecular weight is 346 g/mol. The summed E-state index contributed by atoms with van der Waals surface area (Å²) in [6.07, 6.45) is 4.03. The molecule has 0 spiro atoms. The van der Waals surface area contributed by atoms with E-state index in [1.165, 1.54) is 11.3 Å². The van der Waals surface area contributed by atoms with Gasteiger partial charge in [0.1, 0.15) is 11.6 Å². The molecule has 2 heterocycles. The van der Waals surface area contributed by atoms with Crippen molar-refractivity contribution in [2.24, 2.45) is 0 Å². The second-order valence-electron chi connectivity index (χ2n) is 6.29. The maximum absolute atomic E-state index is 5.41. The third-order valence-corrected chi connectivity index (χ3v) is 4.65. The number of ether oxygens (including phenoxy) is 1. The molecule has 0 fully saturated rings. The molecule has 5 nitrogen and oxygen atoms in total. The third kappa shape index (κ3) is 3.33. The van der Waals surface area contributed by atoms with Gasteiger partial charge in [0, 0.05) is 30.5 Å². The van der Waals surface area contributed by atoms with Gasteiger partial charge in [-0.3, -0.25) is 0 Å². The number of hydrogen-bond donors (Lipinski definition) is 1.